The maximum atomic E-state index is 13.5. The summed E-state index contributed by atoms with van der Waals surface area (Å²) in [6.07, 6.45) is 0. The van der Waals surface area contributed by atoms with Crippen LogP contribution in [0.4, 0.5) is 9.18 Å². The van der Waals surface area contributed by atoms with Crippen molar-refractivity contribution in [2.45, 2.75) is 26.4 Å². The van der Waals surface area contributed by atoms with Crippen LogP contribution in [0, 0.1) is 11.7 Å². The first-order chi connectivity index (χ1) is 11.1. The fourth-order valence-corrected chi connectivity index (χ4v) is 2.77. The average molecular weight is 323 g/mol. The van der Waals surface area contributed by atoms with Gasteiger partial charge in [-0.25, -0.2) is 9.18 Å². The van der Waals surface area contributed by atoms with Gasteiger partial charge >= 0.3 is 6.03 Å². The highest BCUT2D eigenvalue weighted by Gasteiger charge is 2.24. The number of urea groups is 1. The monoisotopic (exact) mass is 323 g/mol. The van der Waals surface area contributed by atoms with E-state index in [2.05, 4.69) is 29.4 Å². The third-order valence-electron chi connectivity index (χ3n) is 4.15. The number of ether oxygens (including phenoxy) is 1. The van der Waals surface area contributed by atoms with E-state index in [1.54, 1.807) is 18.2 Å². The molecule has 0 spiro atoms. The van der Waals surface area contributed by atoms with Crippen molar-refractivity contribution in [3.8, 4) is 0 Å². The lowest BCUT2D eigenvalue weighted by atomic mass is 10.0. The number of benzene rings is 1. The maximum Gasteiger partial charge on any atom is 0.315 e. The van der Waals surface area contributed by atoms with Crippen LogP contribution in [0.3, 0.4) is 0 Å². The molecule has 2 N–H and O–H groups in total. The second-order valence-corrected chi connectivity index (χ2v) is 6.11. The SMILES string of the molecule is CC(C)C(CNC(=O)NCc1ccccc1F)N1CCOCC1. The molecule has 1 heterocycles. The van der Waals surface area contributed by atoms with Crippen molar-refractivity contribution >= 4 is 6.03 Å². The van der Waals surface area contributed by atoms with Crippen molar-refractivity contribution in [2.75, 3.05) is 32.8 Å². The smallest absolute Gasteiger partial charge is 0.315 e. The Kier molecular flexibility index (Phi) is 6.80. The number of hydrogen-bond donors (Lipinski definition) is 2. The topological polar surface area (TPSA) is 53.6 Å². The van der Waals surface area contributed by atoms with E-state index in [4.69, 9.17) is 4.74 Å². The number of nitrogens with one attached hydrogen (secondary N) is 2. The number of rotatable bonds is 6. The maximum absolute atomic E-state index is 13.5. The van der Waals surface area contributed by atoms with E-state index in [1.807, 2.05) is 0 Å². The molecule has 5 nitrogen and oxygen atoms in total. The number of carbonyl (C=O) groups excluding carboxylic acids is 1. The normalized spacial score (nSPS) is 17.0. The summed E-state index contributed by atoms with van der Waals surface area (Å²) in [5.74, 6) is 0.126. The van der Waals surface area contributed by atoms with Crippen LogP contribution in [0.15, 0.2) is 24.3 Å². The third kappa shape index (κ3) is 5.48. The summed E-state index contributed by atoms with van der Waals surface area (Å²) in [7, 11) is 0. The lowest BCUT2D eigenvalue weighted by Gasteiger charge is -2.36. The van der Waals surface area contributed by atoms with Crippen LogP contribution in [-0.2, 0) is 11.3 Å². The zero-order chi connectivity index (χ0) is 16.7. The highest BCUT2D eigenvalue weighted by Crippen LogP contribution is 2.12. The van der Waals surface area contributed by atoms with E-state index in [1.165, 1.54) is 6.07 Å². The molecule has 1 atom stereocenters. The van der Waals surface area contributed by atoms with Crippen molar-refractivity contribution in [1.29, 1.82) is 0 Å². The van der Waals surface area contributed by atoms with E-state index < -0.39 is 0 Å². The summed E-state index contributed by atoms with van der Waals surface area (Å²) < 4.78 is 18.9. The van der Waals surface area contributed by atoms with Crippen molar-refractivity contribution in [2.24, 2.45) is 5.92 Å². The van der Waals surface area contributed by atoms with Crippen LogP contribution >= 0.6 is 0 Å². The Balaban J connectivity index is 1.78. The van der Waals surface area contributed by atoms with Crippen LogP contribution in [0.1, 0.15) is 19.4 Å². The number of hydrogen-bond acceptors (Lipinski definition) is 3. The van der Waals surface area contributed by atoms with Gasteiger partial charge in [0.1, 0.15) is 5.82 Å². The predicted octanol–water partition coefficient (Wildman–Crippen LogP) is 1.98. The summed E-state index contributed by atoms with van der Waals surface area (Å²) in [5, 5.41) is 5.60. The van der Waals surface area contributed by atoms with Gasteiger partial charge in [-0.1, -0.05) is 32.0 Å². The van der Waals surface area contributed by atoms with Gasteiger partial charge in [-0.2, -0.15) is 0 Å². The fraction of sp³-hybridized carbons (Fsp3) is 0.588. The van der Waals surface area contributed by atoms with Gasteiger partial charge in [0.15, 0.2) is 0 Å². The van der Waals surface area contributed by atoms with Crippen LogP contribution in [0.2, 0.25) is 0 Å². The van der Waals surface area contributed by atoms with Gasteiger partial charge in [-0.3, -0.25) is 4.90 Å². The lowest BCUT2D eigenvalue weighted by Crippen LogP contribution is -2.52. The zero-order valence-electron chi connectivity index (χ0n) is 13.8. The number of carbonyl (C=O) groups is 1. The molecule has 0 aromatic heterocycles. The van der Waals surface area contributed by atoms with Crippen molar-refractivity contribution in [3.05, 3.63) is 35.6 Å². The number of nitrogens with zero attached hydrogens (tertiary/aromatic N) is 1. The van der Waals surface area contributed by atoms with Gasteiger partial charge in [0.05, 0.1) is 13.2 Å². The van der Waals surface area contributed by atoms with Gasteiger partial charge in [0.2, 0.25) is 0 Å². The molecule has 1 aliphatic rings. The molecular weight excluding hydrogens is 297 g/mol. The van der Waals surface area contributed by atoms with Crippen LogP contribution in [0.25, 0.3) is 0 Å². The molecule has 1 aliphatic heterocycles. The summed E-state index contributed by atoms with van der Waals surface area (Å²) in [5.41, 5.74) is 0.483. The molecule has 23 heavy (non-hydrogen) atoms. The first-order valence-corrected chi connectivity index (χ1v) is 8.15. The largest absolute Gasteiger partial charge is 0.379 e. The summed E-state index contributed by atoms with van der Waals surface area (Å²) in [6.45, 7) is 8.31. The minimum Gasteiger partial charge on any atom is -0.379 e. The standard InChI is InChI=1S/C17H26FN3O2/c1-13(2)16(21-7-9-23-10-8-21)12-20-17(22)19-11-14-5-3-4-6-15(14)18/h3-6,13,16H,7-12H2,1-2H3,(H2,19,20,22). The van der Waals surface area contributed by atoms with E-state index >= 15 is 0 Å². The molecule has 1 aromatic carbocycles. The highest BCUT2D eigenvalue weighted by atomic mass is 19.1. The van der Waals surface area contributed by atoms with Crippen molar-refractivity contribution in [1.82, 2.24) is 15.5 Å². The molecule has 0 aliphatic carbocycles. The Morgan fingerprint density at radius 3 is 2.61 bits per heavy atom. The molecule has 6 heteroatoms. The Bertz CT molecular complexity index is 504. The van der Waals surface area contributed by atoms with Crippen LogP contribution < -0.4 is 10.6 Å². The quantitative estimate of drug-likeness (QED) is 0.842. The van der Waals surface area contributed by atoms with E-state index in [9.17, 15) is 9.18 Å². The van der Waals surface area contributed by atoms with Gasteiger partial charge in [-0.15, -0.1) is 0 Å². The lowest BCUT2D eigenvalue weighted by molar-refractivity contribution is 0.00719. The first-order valence-electron chi connectivity index (χ1n) is 8.15. The molecular formula is C17H26FN3O2. The van der Waals surface area contributed by atoms with Crippen molar-refractivity contribution < 1.29 is 13.9 Å². The van der Waals surface area contributed by atoms with Crippen LogP contribution in [0.5, 0.6) is 0 Å². The molecule has 1 aromatic rings. The first kappa shape index (κ1) is 17.7. The average Bonchev–Trinajstić information content (AvgIpc) is 2.55. The third-order valence-corrected chi connectivity index (χ3v) is 4.15. The zero-order valence-corrected chi connectivity index (χ0v) is 13.8. The minimum absolute atomic E-state index is 0.183. The Hall–Kier alpha value is -1.66. The van der Waals surface area contributed by atoms with Crippen LogP contribution in [-0.4, -0.2) is 49.8 Å². The van der Waals surface area contributed by atoms with Crippen molar-refractivity contribution in [3.63, 3.8) is 0 Å². The molecule has 2 rings (SSSR count). The molecule has 0 saturated carbocycles. The Labute approximate surface area is 137 Å². The minimum atomic E-state index is -0.304. The summed E-state index contributed by atoms with van der Waals surface area (Å²) in [6, 6.07) is 6.45. The van der Waals surface area contributed by atoms with Gasteiger partial charge in [-0.05, 0) is 12.0 Å². The fourth-order valence-electron chi connectivity index (χ4n) is 2.77. The molecule has 2 amide bonds. The second-order valence-electron chi connectivity index (χ2n) is 6.11. The number of morpholine rings is 1. The molecule has 1 saturated heterocycles. The molecule has 1 unspecified atom stereocenters. The van der Waals surface area contributed by atoms with E-state index in [0.717, 1.165) is 26.3 Å². The predicted molar refractivity (Wildman–Crippen MR) is 87.7 cm³/mol. The second kappa shape index (κ2) is 8.84. The molecule has 0 radical (unpaired) electrons. The summed E-state index contributed by atoms with van der Waals surface area (Å²) >= 11 is 0. The van der Waals surface area contributed by atoms with Gasteiger partial charge in [0.25, 0.3) is 0 Å². The summed E-state index contributed by atoms with van der Waals surface area (Å²) in [4.78, 5) is 14.3. The van der Waals surface area contributed by atoms with E-state index in [0.29, 0.717) is 18.0 Å². The molecule has 0 bridgehead atoms. The van der Waals surface area contributed by atoms with Gasteiger partial charge < -0.3 is 15.4 Å². The van der Waals surface area contributed by atoms with E-state index in [-0.39, 0.29) is 24.4 Å². The Morgan fingerprint density at radius 2 is 1.96 bits per heavy atom. The number of amides is 2. The van der Waals surface area contributed by atoms with Gasteiger partial charge in [0, 0.05) is 37.8 Å². The molecule has 128 valence electrons. The molecule has 1 fully saturated rings. The Morgan fingerprint density at radius 1 is 1.26 bits per heavy atom. The highest BCUT2D eigenvalue weighted by molar-refractivity contribution is 5.73. The number of halogens is 1.